The van der Waals surface area contributed by atoms with Gasteiger partial charge in [0.15, 0.2) is 0 Å². The molecule has 0 aliphatic carbocycles. The van der Waals surface area contributed by atoms with Crippen molar-refractivity contribution in [1.82, 2.24) is 4.90 Å². The minimum atomic E-state index is -0.837. The Kier molecular flexibility index (Phi) is 3.42. The van der Waals surface area contributed by atoms with E-state index < -0.39 is 23.7 Å². The molecular formula is C12H11F2N3O. The lowest BCUT2D eigenvalue weighted by Gasteiger charge is -2.20. The number of likely N-dealkylation sites (tertiary alicyclic amines) is 1. The number of nitriles is 1. The Morgan fingerprint density at radius 3 is 2.94 bits per heavy atom. The van der Waals surface area contributed by atoms with Crippen LogP contribution in [0.25, 0.3) is 0 Å². The average molecular weight is 251 g/mol. The van der Waals surface area contributed by atoms with E-state index in [1.54, 1.807) is 0 Å². The number of urea groups is 1. The van der Waals surface area contributed by atoms with Crippen molar-refractivity contribution >= 4 is 11.7 Å². The van der Waals surface area contributed by atoms with E-state index in [2.05, 4.69) is 5.32 Å². The fraction of sp³-hybridized carbons (Fsp3) is 0.333. The minimum absolute atomic E-state index is 0.0926. The number of carbonyl (C=O) groups excluding carboxylic acids is 1. The fourth-order valence-electron chi connectivity index (χ4n) is 1.92. The van der Waals surface area contributed by atoms with Gasteiger partial charge in [0, 0.05) is 12.6 Å². The third kappa shape index (κ3) is 2.40. The van der Waals surface area contributed by atoms with Crippen molar-refractivity contribution in [2.24, 2.45) is 0 Å². The molecule has 1 N–H and O–H groups in total. The third-order valence-corrected chi connectivity index (χ3v) is 2.84. The average Bonchev–Trinajstić information content (AvgIpc) is 2.81. The number of nitrogens with zero attached hydrogens (tertiary/aromatic N) is 2. The first kappa shape index (κ1) is 12.3. The zero-order valence-corrected chi connectivity index (χ0v) is 9.49. The van der Waals surface area contributed by atoms with E-state index in [-0.39, 0.29) is 5.69 Å². The first-order valence-electron chi connectivity index (χ1n) is 5.54. The standard InChI is InChI=1S/C12H11F2N3O/c13-8-3-4-11(10(14)6-8)16-12(18)17-5-1-2-9(17)7-15/h3-4,6,9H,1-2,5H2,(H,16,18). The van der Waals surface area contributed by atoms with Gasteiger partial charge >= 0.3 is 6.03 Å². The molecule has 0 spiro atoms. The summed E-state index contributed by atoms with van der Waals surface area (Å²) in [5.74, 6) is -1.54. The Morgan fingerprint density at radius 2 is 2.28 bits per heavy atom. The number of amides is 2. The second-order valence-electron chi connectivity index (χ2n) is 4.03. The highest BCUT2D eigenvalue weighted by molar-refractivity contribution is 5.90. The quantitative estimate of drug-likeness (QED) is 0.833. The van der Waals surface area contributed by atoms with Gasteiger partial charge in [-0.15, -0.1) is 0 Å². The highest BCUT2D eigenvalue weighted by Crippen LogP contribution is 2.20. The lowest BCUT2D eigenvalue weighted by molar-refractivity contribution is 0.215. The molecule has 1 aromatic carbocycles. The van der Waals surface area contributed by atoms with E-state index in [4.69, 9.17) is 5.26 Å². The third-order valence-electron chi connectivity index (χ3n) is 2.84. The van der Waals surface area contributed by atoms with Crippen LogP contribution in [0.3, 0.4) is 0 Å². The molecule has 0 bridgehead atoms. The van der Waals surface area contributed by atoms with Crippen molar-refractivity contribution in [3.8, 4) is 6.07 Å². The van der Waals surface area contributed by atoms with Crippen LogP contribution in [-0.2, 0) is 0 Å². The van der Waals surface area contributed by atoms with Crippen LogP contribution in [0.5, 0.6) is 0 Å². The maximum atomic E-state index is 13.3. The van der Waals surface area contributed by atoms with Crippen LogP contribution in [0.15, 0.2) is 18.2 Å². The second-order valence-corrected chi connectivity index (χ2v) is 4.03. The summed E-state index contributed by atoms with van der Waals surface area (Å²) in [5, 5.41) is 11.2. The van der Waals surface area contributed by atoms with Crippen molar-refractivity contribution in [3.05, 3.63) is 29.8 Å². The molecular weight excluding hydrogens is 240 g/mol. The van der Waals surface area contributed by atoms with Gasteiger partial charge in [0.05, 0.1) is 11.8 Å². The molecule has 0 radical (unpaired) electrons. The molecule has 1 aliphatic heterocycles. The Bertz CT molecular complexity index is 513. The maximum absolute atomic E-state index is 13.3. The monoisotopic (exact) mass is 251 g/mol. The number of halogens is 2. The Hall–Kier alpha value is -2.16. The van der Waals surface area contributed by atoms with E-state index in [1.807, 2.05) is 6.07 Å². The smallest absolute Gasteiger partial charge is 0.308 e. The van der Waals surface area contributed by atoms with Crippen LogP contribution >= 0.6 is 0 Å². The van der Waals surface area contributed by atoms with Gasteiger partial charge in [0.2, 0.25) is 0 Å². The van der Waals surface area contributed by atoms with Gasteiger partial charge in [0.1, 0.15) is 17.7 Å². The van der Waals surface area contributed by atoms with Crippen LogP contribution in [0.2, 0.25) is 0 Å². The van der Waals surface area contributed by atoms with Gasteiger partial charge in [-0.2, -0.15) is 5.26 Å². The molecule has 0 aromatic heterocycles. The topological polar surface area (TPSA) is 56.1 Å². The molecule has 1 atom stereocenters. The summed E-state index contributed by atoms with van der Waals surface area (Å²) in [7, 11) is 0. The lowest BCUT2D eigenvalue weighted by atomic mass is 10.2. The number of hydrogen-bond donors (Lipinski definition) is 1. The Morgan fingerprint density at radius 1 is 1.50 bits per heavy atom. The predicted octanol–water partition coefficient (Wildman–Crippen LogP) is 2.48. The fourth-order valence-corrected chi connectivity index (χ4v) is 1.92. The van der Waals surface area contributed by atoms with E-state index in [0.717, 1.165) is 18.6 Å². The van der Waals surface area contributed by atoms with Crippen molar-refractivity contribution < 1.29 is 13.6 Å². The van der Waals surface area contributed by atoms with Gasteiger partial charge in [0.25, 0.3) is 0 Å². The first-order valence-corrected chi connectivity index (χ1v) is 5.54. The van der Waals surface area contributed by atoms with Crippen LogP contribution in [-0.4, -0.2) is 23.5 Å². The van der Waals surface area contributed by atoms with Crippen LogP contribution < -0.4 is 5.32 Å². The number of nitrogens with one attached hydrogen (secondary N) is 1. The van der Waals surface area contributed by atoms with Crippen LogP contribution in [0.4, 0.5) is 19.3 Å². The summed E-state index contributed by atoms with van der Waals surface area (Å²) in [6, 6.07) is 3.91. The van der Waals surface area contributed by atoms with E-state index in [1.165, 1.54) is 4.90 Å². The molecule has 0 saturated carbocycles. The normalized spacial score (nSPS) is 18.5. The summed E-state index contributed by atoms with van der Waals surface area (Å²) in [4.78, 5) is 13.2. The molecule has 6 heteroatoms. The minimum Gasteiger partial charge on any atom is -0.308 e. The molecule has 2 rings (SSSR count). The molecule has 4 nitrogen and oxygen atoms in total. The second kappa shape index (κ2) is 5.00. The zero-order chi connectivity index (χ0) is 13.1. The molecule has 1 unspecified atom stereocenters. The molecule has 1 heterocycles. The summed E-state index contributed by atoms with van der Waals surface area (Å²) >= 11 is 0. The molecule has 18 heavy (non-hydrogen) atoms. The number of anilines is 1. The molecule has 1 saturated heterocycles. The van der Waals surface area contributed by atoms with Crippen molar-refractivity contribution in [1.29, 1.82) is 5.26 Å². The SMILES string of the molecule is N#CC1CCCN1C(=O)Nc1ccc(F)cc1F. The number of carbonyl (C=O) groups is 1. The van der Waals surface area contributed by atoms with Gasteiger partial charge in [-0.1, -0.05) is 0 Å². The Balaban J connectivity index is 2.10. The van der Waals surface area contributed by atoms with Gasteiger partial charge < -0.3 is 10.2 Å². The Labute approximate surface area is 103 Å². The zero-order valence-electron chi connectivity index (χ0n) is 9.49. The van der Waals surface area contributed by atoms with Gasteiger partial charge in [-0.25, -0.2) is 13.6 Å². The van der Waals surface area contributed by atoms with Gasteiger partial charge in [-0.05, 0) is 25.0 Å². The maximum Gasteiger partial charge on any atom is 0.323 e. The highest BCUT2D eigenvalue weighted by atomic mass is 19.1. The van der Waals surface area contributed by atoms with Crippen molar-refractivity contribution in [3.63, 3.8) is 0 Å². The van der Waals surface area contributed by atoms with Crippen molar-refractivity contribution in [2.45, 2.75) is 18.9 Å². The highest BCUT2D eigenvalue weighted by Gasteiger charge is 2.28. The van der Waals surface area contributed by atoms with E-state index >= 15 is 0 Å². The molecule has 1 aromatic rings. The molecule has 1 fully saturated rings. The first-order chi connectivity index (χ1) is 8.61. The molecule has 1 aliphatic rings. The summed E-state index contributed by atoms with van der Waals surface area (Å²) < 4.78 is 26.0. The predicted molar refractivity (Wildman–Crippen MR) is 60.7 cm³/mol. The van der Waals surface area contributed by atoms with Gasteiger partial charge in [-0.3, -0.25) is 0 Å². The lowest BCUT2D eigenvalue weighted by Crippen LogP contribution is -2.38. The number of benzene rings is 1. The number of hydrogen-bond acceptors (Lipinski definition) is 2. The van der Waals surface area contributed by atoms with Crippen LogP contribution in [0, 0.1) is 23.0 Å². The van der Waals surface area contributed by atoms with Crippen LogP contribution in [0.1, 0.15) is 12.8 Å². The summed E-state index contributed by atoms with van der Waals surface area (Å²) in [6.45, 7) is 0.465. The molecule has 2 amide bonds. The molecule has 94 valence electrons. The largest absolute Gasteiger partial charge is 0.323 e. The number of rotatable bonds is 1. The summed E-state index contributed by atoms with van der Waals surface area (Å²) in [5.41, 5.74) is -0.0926. The van der Waals surface area contributed by atoms with Crippen molar-refractivity contribution in [2.75, 3.05) is 11.9 Å². The summed E-state index contributed by atoms with van der Waals surface area (Å²) in [6.07, 6.45) is 1.37. The van der Waals surface area contributed by atoms with E-state index in [0.29, 0.717) is 19.0 Å². The van der Waals surface area contributed by atoms with E-state index in [9.17, 15) is 13.6 Å².